The lowest BCUT2D eigenvalue weighted by atomic mass is 10.2. The first-order chi connectivity index (χ1) is 10.4. The largest absolute Gasteiger partial charge is 0.444 e. The van der Waals surface area contributed by atoms with Gasteiger partial charge < -0.3 is 14.5 Å². The highest BCUT2D eigenvalue weighted by atomic mass is 32.1. The molecular formula is C17H28N2O2S. The number of hydrogen-bond donors (Lipinski definition) is 0. The molecule has 0 N–H and O–H groups in total. The molecule has 4 nitrogen and oxygen atoms in total. The van der Waals surface area contributed by atoms with Crippen molar-refractivity contribution in [2.45, 2.75) is 45.6 Å². The summed E-state index contributed by atoms with van der Waals surface area (Å²) in [6, 6.07) is 2.21. The average Bonchev–Trinajstić information content (AvgIpc) is 2.81. The topological polar surface area (TPSA) is 32.8 Å². The van der Waals surface area contributed by atoms with Crippen LogP contribution in [-0.2, 0) is 11.2 Å². The summed E-state index contributed by atoms with van der Waals surface area (Å²) >= 11 is 1.77. The molecule has 22 heavy (non-hydrogen) atoms. The predicted molar refractivity (Wildman–Crippen MR) is 91.5 cm³/mol. The van der Waals surface area contributed by atoms with Gasteiger partial charge in [-0.3, -0.25) is 0 Å². The fraction of sp³-hybridized carbons (Fsp3) is 0.706. The average molecular weight is 324 g/mol. The standard InChI is InChI=1S/C17H28N2O2S/c1-17(2,3)21-16(20)19-10-5-9-18(11-12-19)8-4-6-15-7-13-22-14-15/h7,13-14H,4-6,8-12H2,1-3H3. The first-order valence-corrected chi connectivity index (χ1v) is 9.10. The number of thiophene rings is 1. The van der Waals surface area contributed by atoms with Gasteiger partial charge in [-0.25, -0.2) is 4.79 Å². The third-order valence-corrected chi connectivity index (χ3v) is 4.49. The second-order valence-electron chi connectivity index (χ2n) is 6.90. The van der Waals surface area contributed by atoms with Crippen molar-refractivity contribution in [1.82, 2.24) is 9.80 Å². The lowest BCUT2D eigenvalue weighted by molar-refractivity contribution is 0.0257. The number of carbonyl (C=O) groups excluding carboxylic acids is 1. The molecule has 0 radical (unpaired) electrons. The summed E-state index contributed by atoms with van der Waals surface area (Å²) in [5.74, 6) is 0. The summed E-state index contributed by atoms with van der Waals surface area (Å²) in [7, 11) is 0. The van der Waals surface area contributed by atoms with Gasteiger partial charge in [-0.1, -0.05) is 0 Å². The van der Waals surface area contributed by atoms with Crippen LogP contribution in [-0.4, -0.2) is 54.2 Å². The molecule has 1 saturated heterocycles. The molecule has 0 bridgehead atoms. The van der Waals surface area contributed by atoms with Crippen LogP contribution in [0.3, 0.4) is 0 Å². The van der Waals surface area contributed by atoms with E-state index in [1.54, 1.807) is 11.3 Å². The monoisotopic (exact) mass is 324 g/mol. The van der Waals surface area contributed by atoms with Crippen molar-refractivity contribution in [3.63, 3.8) is 0 Å². The molecule has 0 spiro atoms. The van der Waals surface area contributed by atoms with E-state index in [4.69, 9.17) is 4.74 Å². The lowest BCUT2D eigenvalue weighted by Crippen LogP contribution is -2.39. The zero-order valence-corrected chi connectivity index (χ0v) is 14.8. The van der Waals surface area contributed by atoms with Crippen molar-refractivity contribution < 1.29 is 9.53 Å². The van der Waals surface area contributed by atoms with E-state index in [0.29, 0.717) is 0 Å². The van der Waals surface area contributed by atoms with Gasteiger partial charge in [-0.05, 0) is 75.5 Å². The zero-order valence-electron chi connectivity index (χ0n) is 14.0. The molecule has 5 heteroatoms. The van der Waals surface area contributed by atoms with Crippen LogP contribution in [0.25, 0.3) is 0 Å². The van der Waals surface area contributed by atoms with Gasteiger partial charge in [-0.2, -0.15) is 11.3 Å². The molecular weight excluding hydrogens is 296 g/mol. The molecule has 1 aromatic heterocycles. The number of rotatable bonds is 4. The first kappa shape index (κ1) is 17.3. The number of carbonyl (C=O) groups is 1. The number of aryl methyl sites for hydroxylation is 1. The van der Waals surface area contributed by atoms with E-state index >= 15 is 0 Å². The van der Waals surface area contributed by atoms with Crippen LogP contribution in [0.5, 0.6) is 0 Å². The number of amides is 1. The Kier molecular flexibility index (Phi) is 6.26. The summed E-state index contributed by atoms with van der Waals surface area (Å²) < 4.78 is 5.47. The highest BCUT2D eigenvalue weighted by Gasteiger charge is 2.24. The van der Waals surface area contributed by atoms with E-state index in [2.05, 4.69) is 21.7 Å². The Balaban J connectivity index is 1.71. The maximum atomic E-state index is 12.1. The number of nitrogens with zero attached hydrogens (tertiary/aromatic N) is 2. The summed E-state index contributed by atoms with van der Waals surface area (Å²) in [5.41, 5.74) is 1.03. The lowest BCUT2D eigenvalue weighted by Gasteiger charge is -2.26. The fourth-order valence-corrected chi connectivity index (χ4v) is 3.35. The maximum absolute atomic E-state index is 12.1. The molecule has 1 amide bonds. The van der Waals surface area contributed by atoms with Crippen LogP contribution in [0.2, 0.25) is 0 Å². The van der Waals surface area contributed by atoms with E-state index in [9.17, 15) is 4.79 Å². The highest BCUT2D eigenvalue weighted by Crippen LogP contribution is 2.13. The fourth-order valence-electron chi connectivity index (χ4n) is 2.65. The second kappa shape index (κ2) is 7.97. The maximum Gasteiger partial charge on any atom is 0.410 e. The first-order valence-electron chi connectivity index (χ1n) is 8.15. The Hall–Kier alpha value is -1.07. The van der Waals surface area contributed by atoms with Gasteiger partial charge in [0.1, 0.15) is 5.60 Å². The third kappa shape index (κ3) is 5.97. The van der Waals surface area contributed by atoms with Gasteiger partial charge in [0, 0.05) is 19.6 Å². The van der Waals surface area contributed by atoms with Crippen LogP contribution in [0.4, 0.5) is 4.79 Å². The Morgan fingerprint density at radius 1 is 1.27 bits per heavy atom. The molecule has 2 heterocycles. The quantitative estimate of drug-likeness (QED) is 0.848. The Morgan fingerprint density at radius 2 is 2.09 bits per heavy atom. The minimum atomic E-state index is -0.413. The molecule has 0 aliphatic carbocycles. The van der Waals surface area contributed by atoms with Crippen molar-refractivity contribution in [2.75, 3.05) is 32.7 Å². The van der Waals surface area contributed by atoms with E-state index in [0.717, 1.165) is 45.6 Å². The number of hydrogen-bond acceptors (Lipinski definition) is 4. The number of ether oxygens (including phenoxy) is 1. The molecule has 1 fully saturated rings. The molecule has 0 saturated carbocycles. The molecule has 1 aliphatic heterocycles. The molecule has 0 unspecified atom stereocenters. The zero-order chi connectivity index (χ0) is 16.0. The van der Waals surface area contributed by atoms with Crippen molar-refractivity contribution in [2.24, 2.45) is 0 Å². The van der Waals surface area contributed by atoms with E-state index in [1.807, 2.05) is 25.7 Å². The van der Waals surface area contributed by atoms with Crippen molar-refractivity contribution in [3.8, 4) is 0 Å². The van der Waals surface area contributed by atoms with Crippen LogP contribution >= 0.6 is 11.3 Å². The van der Waals surface area contributed by atoms with Gasteiger partial charge in [0.05, 0.1) is 0 Å². The SMILES string of the molecule is CC(C)(C)OC(=O)N1CCCN(CCCc2ccsc2)CC1. The van der Waals surface area contributed by atoms with Gasteiger partial charge in [0.2, 0.25) is 0 Å². The Labute approximate surface area is 138 Å². The third-order valence-electron chi connectivity index (χ3n) is 3.76. The van der Waals surface area contributed by atoms with Gasteiger partial charge in [0.25, 0.3) is 0 Å². The highest BCUT2D eigenvalue weighted by molar-refractivity contribution is 7.07. The van der Waals surface area contributed by atoms with E-state index in [1.165, 1.54) is 12.0 Å². The minimum absolute atomic E-state index is 0.173. The normalized spacial score (nSPS) is 17.3. The van der Waals surface area contributed by atoms with Crippen LogP contribution in [0.15, 0.2) is 16.8 Å². The molecule has 0 atom stereocenters. The predicted octanol–water partition coefficient (Wildman–Crippen LogP) is 3.62. The van der Waals surface area contributed by atoms with Crippen LogP contribution in [0.1, 0.15) is 39.2 Å². The van der Waals surface area contributed by atoms with E-state index < -0.39 is 5.60 Å². The summed E-state index contributed by atoms with van der Waals surface area (Å²) in [6.45, 7) is 10.4. The van der Waals surface area contributed by atoms with Crippen molar-refractivity contribution in [1.29, 1.82) is 0 Å². The summed E-state index contributed by atoms with van der Waals surface area (Å²) in [5, 5.41) is 4.37. The van der Waals surface area contributed by atoms with Crippen molar-refractivity contribution >= 4 is 17.4 Å². The molecule has 124 valence electrons. The van der Waals surface area contributed by atoms with Crippen molar-refractivity contribution in [3.05, 3.63) is 22.4 Å². The second-order valence-corrected chi connectivity index (χ2v) is 7.68. The van der Waals surface area contributed by atoms with Gasteiger partial charge >= 0.3 is 6.09 Å². The Bertz CT molecular complexity index is 454. The summed E-state index contributed by atoms with van der Waals surface area (Å²) in [6.07, 6.45) is 3.18. The molecule has 2 rings (SSSR count). The Morgan fingerprint density at radius 3 is 2.77 bits per heavy atom. The van der Waals surface area contributed by atoms with Crippen LogP contribution in [0, 0.1) is 0 Å². The minimum Gasteiger partial charge on any atom is -0.444 e. The van der Waals surface area contributed by atoms with Gasteiger partial charge in [-0.15, -0.1) is 0 Å². The molecule has 0 aromatic carbocycles. The van der Waals surface area contributed by atoms with E-state index in [-0.39, 0.29) is 6.09 Å². The smallest absolute Gasteiger partial charge is 0.410 e. The summed E-state index contributed by atoms with van der Waals surface area (Å²) in [4.78, 5) is 16.4. The van der Waals surface area contributed by atoms with Crippen LogP contribution < -0.4 is 0 Å². The van der Waals surface area contributed by atoms with Gasteiger partial charge in [0.15, 0.2) is 0 Å². The molecule has 1 aromatic rings. The molecule has 1 aliphatic rings.